The summed E-state index contributed by atoms with van der Waals surface area (Å²) in [5.41, 5.74) is 0.757. The first-order chi connectivity index (χ1) is 13.8. The Kier molecular flexibility index (Phi) is 8.69. The van der Waals surface area contributed by atoms with Crippen LogP contribution in [0.5, 0.6) is 5.75 Å². The van der Waals surface area contributed by atoms with Crippen LogP contribution in [0.3, 0.4) is 0 Å². The van der Waals surface area contributed by atoms with E-state index in [1.807, 2.05) is 0 Å². The number of carbonyl (C=O) groups excluding carboxylic acids is 1. The summed E-state index contributed by atoms with van der Waals surface area (Å²) in [6, 6.07) is 11.9. The number of carboxylic acid groups (broad SMARTS) is 1. The van der Waals surface area contributed by atoms with Crippen molar-refractivity contribution in [3.8, 4) is 5.75 Å². The number of carboxylic acids is 1. The summed E-state index contributed by atoms with van der Waals surface area (Å²) in [6.07, 6.45) is -0.700. The minimum atomic E-state index is -1.18. The van der Waals surface area contributed by atoms with Crippen LogP contribution in [-0.2, 0) is 14.3 Å². The number of halogens is 2. The molecule has 2 atom stereocenters. The molecule has 1 amide bonds. The van der Waals surface area contributed by atoms with Gasteiger partial charge in [0.25, 0.3) is 0 Å². The Labute approximate surface area is 184 Å². The van der Waals surface area contributed by atoms with Crippen molar-refractivity contribution >= 4 is 49.6 Å². The van der Waals surface area contributed by atoms with Crippen molar-refractivity contribution in [2.24, 2.45) is 0 Å². The second-order valence-electron chi connectivity index (χ2n) is 5.76. The van der Waals surface area contributed by atoms with E-state index in [0.29, 0.717) is 14.6 Å². The Morgan fingerprint density at radius 3 is 2.52 bits per heavy atom. The molecule has 0 fully saturated rings. The molecule has 0 radical (unpaired) electrons. The summed E-state index contributed by atoms with van der Waals surface area (Å²) < 4.78 is 12.1. The summed E-state index contributed by atoms with van der Waals surface area (Å²) in [6.45, 7) is 1.95. The minimum Gasteiger partial charge on any atom is -0.506 e. The molecule has 29 heavy (non-hydrogen) atoms. The number of benzene rings is 2. The van der Waals surface area contributed by atoms with Crippen molar-refractivity contribution in [1.82, 2.24) is 0 Å². The third-order valence-corrected chi connectivity index (χ3v) is 4.77. The van der Waals surface area contributed by atoms with Crippen molar-refractivity contribution in [3.05, 3.63) is 69.1 Å². The standard InChI is InChI=1S/C20H19Br2NO6/c1-2-28-16(8-9-17(24)25)19(14-10-12(21)11-15(22)18(14)26)29-20(27)23-13-6-4-3-5-7-13/h3-11,16,19,26H,2H2,1H3,(H,23,27)(H,24,25)/b9-8+/t16-,19-/m0/s1. The molecule has 0 unspecified atom stereocenters. The second-order valence-corrected chi connectivity index (χ2v) is 7.53. The van der Waals surface area contributed by atoms with Crippen molar-refractivity contribution in [2.45, 2.75) is 19.1 Å². The summed E-state index contributed by atoms with van der Waals surface area (Å²) in [5.74, 6) is -1.33. The first kappa shape index (κ1) is 22.9. The lowest BCUT2D eigenvalue weighted by molar-refractivity contribution is -0.131. The predicted molar refractivity (Wildman–Crippen MR) is 115 cm³/mol. The molecule has 2 aromatic carbocycles. The van der Waals surface area contributed by atoms with Crippen LogP contribution >= 0.6 is 31.9 Å². The third kappa shape index (κ3) is 6.88. The van der Waals surface area contributed by atoms with Crippen LogP contribution in [0.1, 0.15) is 18.6 Å². The van der Waals surface area contributed by atoms with Gasteiger partial charge in [0.2, 0.25) is 0 Å². The average molecular weight is 529 g/mol. The Hall–Kier alpha value is -2.36. The van der Waals surface area contributed by atoms with Crippen molar-refractivity contribution in [2.75, 3.05) is 11.9 Å². The third-order valence-electron chi connectivity index (χ3n) is 3.70. The van der Waals surface area contributed by atoms with E-state index in [-0.39, 0.29) is 17.9 Å². The van der Waals surface area contributed by atoms with E-state index in [1.165, 1.54) is 6.08 Å². The van der Waals surface area contributed by atoms with Crippen LogP contribution < -0.4 is 5.32 Å². The number of nitrogens with one attached hydrogen (secondary N) is 1. The summed E-state index contributed by atoms with van der Waals surface area (Å²) in [7, 11) is 0. The molecule has 9 heteroatoms. The number of aliphatic carboxylic acids is 1. The largest absolute Gasteiger partial charge is 0.506 e. The molecule has 3 N–H and O–H groups in total. The number of hydrogen-bond donors (Lipinski definition) is 3. The molecule has 2 rings (SSSR count). The Bertz CT molecular complexity index is 888. The fourth-order valence-corrected chi connectivity index (χ4v) is 3.77. The van der Waals surface area contributed by atoms with Crippen molar-refractivity contribution in [1.29, 1.82) is 0 Å². The molecule has 0 spiro atoms. The fourth-order valence-electron chi connectivity index (χ4n) is 2.51. The molecule has 0 aliphatic heterocycles. The lowest BCUT2D eigenvalue weighted by Gasteiger charge is -2.26. The van der Waals surface area contributed by atoms with E-state index < -0.39 is 24.3 Å². The zero-order valence-corrected chi connectivity index (χ0v) is 18.5. The first-order valence-electron chi connectivity index (χ1n) is 8.55. The molecule has 2 aromatic rings. The summed E-state index contributed by atoms with van der Waals surface area (Å²) >= 11 is 6.58. The van der Waals surface area contributed by atoms with Gasteiger partial charge < -0.3 is 19.7 Å². The van der Waals surface area contributed by atoms with E-state index in [2.05, 4.69) is 37.2 Å². The van der Waals surface area contributed by atoms with Gasteiger partial charge in [-0.15, -0.1) is 0 Å². The van der Waals surface area contributed by atoms with Crippen LogP contribution in [0.4, 0.5) is 10.5 Å². The highest BCUT2D eigenvalue weighted by atomic mass is 79.9. The number of para-hydroxylation sites is 1. The van der Waals surface area contributed by atoms with Crippen LogP contribution in [0.25, 0.3) is 0 Å². The SMILES string of the molecule is CCO[C@@H](/C=C/C(=O)O)[C@@H](OC(=O)Nc1ccccc1)c1cc(Br)cc(Br)c1O. The van der Waals surface area contributed by atoms with Gasteiger partial charge in [-0.25, -0.2) is 9.59 Å². The number of aromatic hydroxyl groups is 1. The number of hydrogen-bond acceptors (Lipinski definition) is 5. The molecular weight excluding hydrogens is 510 g/mol. The topological polar surface area (TPSA) is 105 Å². The molecule has 0 aliphatic carbocycles. The molecular formula is C20H19Br2NO6. The molecule has 154 valence electrons. The number of amides is 1. The normalized spacial score (nSPS) is 13.1. The van der Waals surface area contributed by atoms with Gasteiger partial charge in [0, 0.05) is 28.4 Å². The first-order valence-corrected chi connectivity index (χ1v) is 10.1. The number of anilines is 1. The fraction of sp³-hybridized carbons (Fsp3) is 0.200. The number of rotatable bonds is 8. The van der Waals surface area contributed by atoms with Crippen LogP contribution in [0.2, 0.25) is 0 Å². The van der Waals surface area contributed by atoms with E-state index in [1.54, 1.807) is 49.4 Å². The predicted octanol–water partition coefficient (Wildman–Crippen LogP) is 5.25. The van der Waals surface area contributed by atoms with E-state index >= 15 is 0 Å². The second kappa shape index (κ2) is 11.0. The number of phenols is 1. The van der Waals surface area contributed by atoms with Crippen molar-refractivity contribution < 1.29 is 29.3 Å². The lowest BCUT2D eigenvalue weighted by atomic mass is 10.0. The molecule has 0 aliphatic rings. The van der Waals surface area contributed by atoms with Crippen LogP contribution in [-0.4, -0.2) is 35.0 Å². The highest BCUT2D eigenvalue weighted by Gasteiger charge is 2.30. The number of ether oxygens (including phenoxy) is 2. The molecule has 0 saturated carbocycles. The van der Waals surface area contributed by atoms with Gasteiger partial charge in [-0.2, -0.15) is 0 Å². The monoisotopic (exact) mass is 527 g/mol. The van der Waals surface area contributed by atoms with E-state index in [0.717, 1.165) is 6.08 Å². The van der Waals surface area contributed by atoms with E-state index in [9.17, 15) is 14.7 Å². The molecule has 0 aromatic heterocycles. The van der Waals surface area contributed by atoms with Gasteiger partial charge in [-0.1, -0.05) is 34.1 Å². The van der Waals surface area contributed by atoms with Crippen molar-refractivity contribution in [3.63, 3.8) is 0 Å². The molecule has 0 heterocycles. The highest BCUT2D eigenvalue weighted by molar-refractivity contribution is 9.11. The van der Waals surface area contributed by atoms with Crippen LogP contribution in [0, 0.1) is 0 Å². The van der Waals surface area contributed by atoms with Gasteiger partial charge in [0.05, 0.1) is 4.47 Å². The maximum atomic E-state index is 12.5. The zero-order chi connectivity index (χ0) is 21.4. The van der Waals surface area contributed by atoms with Gasteiger partial charge in [-0.05, 0) is 53.2 Å². The van der Waals surface area contributed by atoms with E-state index in [4.69, 9.17) is 14.6 Å². The highest BCUT2D eigenvalue weighted by Crippen LogP contribution is 2.39. The quantitative estimate of drug-likeness (QED) is 0.404. The maximum Gasteiger partial charge on any atom is 0.412 e. The number of carbonyl (C=O) groups is 2. The molecule has 0 bridgehead atoms. The molecule has 0 saturated heterocycles. The molecule has 7 nitrogen and oxygen atoms in total. The minimum absolute atomic E-state index is 0.154. The zero-order valence-electron chi connectivity index (χ0n) is 15.3. The Morgan fingerprint density at radius 1 is 1.21 bits per heavy atom. The smallest absolute Gasteiger partial charge is 0.412 e. The maximum absolute atomic E-state index is 12.5. The van der Waals surface area contributed by atoms with Gasteiger partial charge in [0.1, 0.15) is 11.9 Å². The lowest BCUT2D eigenvalue weighted by Crippen LogP contribution is -2.28. The summed E-state index contributed by atoms with van der Waals surface area (Å²) in [4.78, 5) is 23.5. The van der Waals surface area contributed by atoms with Gasteiger partial charge in [-0.3, -0.25) is 5.32 Å². The van der Waals surface area contributed by atoms with Gasteiger partial charge in [0.15, 0.2) is 6.10 Å². The number of phenolic OH excluding ortho intramolecular Hbond substituents is 1. The van der Waals surface area contributed by atoms with Crippen LogP contribution in [0.15, 0.2) is 63.6 Å². The average Bonchev–Trinajstić information content (AvgIpc) is 2.67. The van der Waals surface area contributed by atoms with Gasteiger partial charge >= 0.3 is 12.1 Å². The Balaban J connectivity index is 2.41. The summed E-state index contributed by atoms with van der Waals surface area (Å²) in [5, 5.41) is 22.1. The Morgan fingerprint density at radius 2 is 1.90 bits per heavy atom.